The number of benzene rings is 1. The summed E-state index contributed by atoms with van der Waals surface area (Å²) in [6.45, 7) is 5.04. The minimum absolute atomic E-state index is 0.00936. The number of carboxylic acids is 1. The fraction of sp³-hybridized carbons (Fsp3) is 0.429. The lowest BCUT2D eigenvalue weighted by atomic mass is 10.1. The van der Waals surface area contributed by atoms with Crippen LogP contribution in [0, 0.1) is 5.82 Å². The Morgan fingerprint density at radius 1 is 1.43 bits per heavy atom. The number of carboxylic acid groups (broad SMARTS) is 1. The first-order valence-electron chi connectivity index (χ1n) is 6.25. The lowest BCUT2D eigenvalue weighted by Gasteiger charge is -2.22. The zero-order chi connectivity index (χ0) is 16.2. The van der Waals surface area contributed by atoms with Crippen molar-refractivity contribution in [1.29, 1.82) is 0 Å². The summed E-state index contributed by atoms with van der Waals surface area (Å²) in [5, 5.41) is 11.5. The van der Waals surface area contributed by atoms with Crippen molar-refractivity contribution in [3.8, 4) is 0 Å². The first-order chi connectivity index (χ1) is 9.58. The van der Waals surface area contributed by atoms with Crippen LogP contribution in [0.15, 0.2) is 22.7 Å². The summed E-state index contributed by atoms with van der Waals surface area (Å²) >= 11 is 3.16. The molecule has 1 atom stereocenters. The quantitative estimate of drug-likeness (QED) is 0.863. The predicted molar refractivity (Wildman–Crippen MR) is 78.6 cm³/mol. The van der Waals surface area contributed by atoms with Gasteiger partial charge in [0.25, 0.3) is 0 Å². The molecule has 21 heavy (non-hydrogen) atoms. The molecule has 0 saturated heterocycles. The van der Waals surface area contributed by atoms with Crippen LogP contribution in [0.2, 0.25) is 0 Å². The molecule has 0 aliphatic carbocycles. The normalized spacial score (nSPS) is 12.6. The van der Waals surface area contributed by atoms with E-state index in [4.69, 9.17) is 9.84 Å². The van der Waals surface area contributed by atoms with Crippen molar-refractivity contribution in [1.82, 2.24) is 5.32 Å². The number of nitrogens with one attached hydrogen (secondary N) is 1. The standard InChI is InChI=1S/C14H17BrFNO4/c1-14(2,3)21-13(20)17-11(12(18)19)6-8-4-5-9(16)7-10(8)15/h4-5,7,11H,6H2,1-3H3,(H,17,20)(H,18,19). The lowest BCUT2D eigenvalue weighted by Crippen LogP contribution is -2.44. The average Bonchev–Trinajstić information content (AvgIpc) is 2.28. The Balaban J connectivity index is 2.79. The molecular formula is C14H17BrFNO4. The van der Waals surface area contributed by atoms with E-state index in [0.717, 1.165) is 0 Å². The maximum Gasteiger partial charge on any atom is 0.408 e. The van der Waals surface area contributed by atoms with Gasteiger partial charge in [-0.15, -0.1) is 0 Å². The van der Waals surface area contributed by atoms with Gasteiger partial charge >= 0.3 is 12.1 Å². The van der Waals surface area contributed by atoms with Crippen molar-refractivity contribution in [2.45, 2.75) is 38.8 Å². The van der Waals surface area contributed by atoms with E-state index < -0.39 is 29.5 Å². The molecular weight excluding hydrogens is 345 g/mol. The first-order valence-corrected chi connectivity index (χ1v) is 7.04. The molecule has 0 heterocycles. The molecule has 0 saturated carbocycles. The molecule has 1 aromatic carbocycles. The van der Waals surface area contributed by atoms with Gasteiger partial charge < -0.3 is 15.2 Å². The number of hydrogen-bond acceptors (Lipinski definition) is 3. The molecule has 0 fully saturated rings. The second-order valence-corrected chi connectivity index (χ2v) is 6.33. The Hall–Kier alpha value is -1.63. The number of carbonyl (C=O) groups is 2. The van der Waals surface area contributed by atoms with Crippen LogP contribution < -0.4 is 5.32 Å². The highest BCUT2D eigenvalue weighted by Crippen LogP contribution is 2.19. The van der Waals surface area contributed by atoms with Gasteiger partial charge in [0.15, 0.2) is 0 Å². The van der Waals surface area contributed by atoms with Gasteiger partial charge in [-0.1, -0.05) is 22.0 Å². The first kappa shape index (κ1) is 17.4. The Morgan fingerprint density at radius 3 is 2.52 bits per heavy atom. The summed E-state index contributed by atoms with van der Waals surface area (Å²) in [5.41, 5.74) is -0.149. The van der Waals surface area contributed by atoms with E-state index >= 15 is 0 Å². The summed E-state index contributed by atoms with van der Waals surface area (Å²) in [6.07, 6.45) is -0.803. The van der Waals surface area contributed by atoms with Gasteiger partial charge in [-0.25, -0.2) is 14.0 Å². The van der Waals surface area contributed by atoms with Crippen molar-refractivity contribution in [2.75, 3.05) is 0 Å². The topological polar surface area (TPSA) is 75.6 Å². The second-order valence-electron chi connectivity index (χ2n) is 5.48. The maximum absolute atomic E-state index is 13.0. The Bertz CT molecular complexity index is 542. The third-order valence-corrected chi connectivity index (χ3v) is 3.17. The van der Waals surface area contributed by atoms with Crippen LogP contribution in [0.4, 0.5) is 9.18 Å². The molecule has 0 aliphatic rings. The minimum atomic E-state index is -1.20. The van der Waals surface area contributed by atoms with Crippen LogP contribution in [0.25, 0.3) is 0 Å². The van der Waals surface area contributed by atoms with E-state index in [1.54, 1.807) is 20.8 Å². The molecule has 0 radical (unpaired) electrons. The molecule has 1 unspecified atom stereocenters. The van der Waals surface area contributed by atoms with Gasteiger partial charge in [-0.05, 0) is 38.5 Å². The SMILES string of the molecule is CC(C)(C)OC(=O)NC(Cc1ccc(F)cc1Br)C(=O)O. The molecule has 7 heteroatoms. The number of halogens is 2. The van der Waals surface area contributed by atoms with Crippen LogP contribution in [0.1, 0.15) is 26.3 Å². The molecule has 0 aliphatic heterocycles. The van der Waals surface area contributed by atoms with Gasteiger partial charge in [0.1, 0.15) is 17.5 Å². The zero-order valence-electron chi connectivity index (χ0n) is 11.9. The largest absolute Gasteiger partial charge is 0.480 e. The summed E-state index contributed by atoms with van der Waals surface area (Å²) < 4.78 is 18.5. The number of alkyl carbamates (subject to hydrolysis) is 1. The maximum atomic E-state index is 13.0. The Kier molecular flexibility index (Phi) is 5.71. The number of ether oxygens (including phenoxy) is 1. The molecule has 1 amide bonds. The third kappa shape index (κ3) is 6.12. The van der Waals surface area contributed by atoms with Crippen LogP contribution >= 0.6 is 15.9 Å². The number of rotatable bonds is 4. The minimum Gasteiger partial charge on any atom is -0.480 e. The fourth-order valence-corrected chi connectivity index (χ4v) is 2.07. The molecule has 2 N–H and O–H groups in total. The second kappa shape index (κ2) is 6.89. The molecule has 5 nitrogen and oxygen atoms in total. The highest BCUT2D eigenvalue weighted by atomic mass is 79.9. The fourth-order valence-electron chi connectivity index (χ4n) is 1.56. The number of carbonyl (C=O) groups excluding carboxylic acids is 1. The summed E-state index contributed by atoms with van der Waals surface area (Å²) in [7, 11) is 0. The van der Waals surface area contributed by atoms with Crippen molar-refractivity contribution in [2.24, 2.45) is 0 Å². The van der Waals surface area contributed by atoms with E-state index in [1.807, 2.05) is 0 Å². The van der Waals surface area contributed by atoms with Gasteiger partial charge in [0.2, 0.25) is 0 Å². The third-order valence-electron chi connectivity index (χ3n) is 2.43. The van der Waals surface area contributed by atoms with Crippen molar-refractivity contribution in [3.05, 3.63) is 34.1 Å². The van der Waals surface area contributed by atoms with E-state index in [-0.39, 0.29) is 6.42 Å². The predicted octanol–water partition coefficient (Wildman–Crippen LogP) is 3.11. The van der Waals surface area contributed by atoms with Gasteiger partial charge in [-0.3, -0.25) is 0 Å². The highest BCUT2D eigenvalue weighted by molar-refractivity contribution is 9.10. The lowest BCUT2D eigenvalue weighted by molar-refractivity contribution is -0.139. The molecule has 1 rings (SSSR count). The zero-order valence-corrected chi connectivity index (χ0v) is 13.5. The summed E-state index contributed by atoms with van der Waals surface area (Å²) in [6, 6.07) is 2.77. The molecule has 0 aromatic heterocycles. The molecule has 116 valence electrons. The Labute approximate surface area is 130 Å². The molecule has 1 aromatic rings. The molecule has 0 spiro atoms. The van der Waals surface area contributed by atoms with Gasteiger partial charge in [0, 0.05) is 10.9 Å². The monoisotopic (exact) mass is 361 g/mol. The average molecular weight is 362 g/mol. The van der Waals surface area contributed by atoms with E-state index in [1.165, 1.54) is 18.2 Å². The van der Waals surface area contributed by atoms with Gasteiger partial charge in [-0.2, -0.15) is 0 Å². The van der Waals surface area contributed by atoms with Crippen LogP contribution in [0.5, 0.6) is 0 Å². The van der Waals surface area contributed by atoms with Crippen molar-refractivity contribution >= 4 is 28.0 Å². The van der Waals surface area contributed by atoms with Crippen LogP contribution in [-0.2, 0) is 16.0 Å². The number of aliphatic carboxylic acids is 1. The highest BCUT2D eigenvalue weighted by Gasteiger charge is 2.24. The summed E-state index contributed by atoms with van der Waals surface area (Å²) in [5.74, 6) is -1.63. The van der Waals surface area contributed by atoms with Crippen molar-refractivity contribution < 1.29 is 23.8 Å². The van der Waals surface area contributed by atoms with E-state index in [2.05, 4.69) is 21.2 Å². The number of hydrogen-bond donors (Lipinski definition) is 2. The van der Waals surface area contributed by atoms with Crippen molar-refractivity contribution in [3.63, 3.8) is 0 Å². The molecule has 0 bridgehead atoms. The Morgan fingerprint density at radius 2 is 2.05 bits per heavy atom. The smallest absolute Gasteiger partial charge is 0.408 e. The number of amides is 1. The van der Waals surface area contributed by atoms with Crippen LogP contribution in [-0.4, -0.2) is 28.8 Å². The van der Waals surface area contributed by atoms with E-state index in [0.29, 0.717) is 10.0 Å². The van der Waals surface area contributed by atoms with Gasteiger partial charge in [0.05, 0.1) is 0 Å². The van der Waals surface area contributed by atoms with Crippen LogP contribution in [0.3, 0.4) is 0 Å². The van der Waals surface area contributed by atoms with E-state index in [9.17, 15) is 14.0 Å². The summed E-state index contributed by atoms with van der Waals surface area (Å²) in [4.78, 5) is 22.9.